The molecule has 0 bridgehead atoms. The average molecular weight is 219 g/mol. The summed E-state index contributed by atoms with van der Waals surface area (Å²) in [4.78, 5) is 4.25. The summed E-state index contributed by atoms with van der Waals surface area (Å²) < 4.78 is 3.92. The molecule has 0 radical (unpaired) electrons. The number of nitrogens with one attached hydrogen (secondary N) is 1. The normalized spacial score (nSPS) is 10.9. The minimum Gasteiger partial charge on any atom is -0.337 e. The van der Waals surface area contributed by atoms with Crippen molar-refractivity contribution in [2.24, 2.45) is 14.1 Å². The maximum absolute atomic E-state index is 4.30. The monoisotopic (exact) mass is 219 g/mol. The molecule has 86 valence electrons. The first-order valence-corrected chi connectivity index (χ1v) is 5.33. The molecule has 0 fully saturated rings. The van der Waals surface area contributed by atoms with Crippen LogP contribution in [0.1, 0.15) is 17.2 Å². The molecule has 2 aromatic heterocycles. The van der Waals surface area contributed by atoms with Crippen LogP contribution in [0, 0.1) is 6.92 Å². The third-order valence-corrected chi connectivity index (χ3v) is 2.61. The van der Waals surface area contributed by atoms with Gasteiger partial charge in [-0.05, 0) is 13.0 Å². The summed E-state index contributed by atoms with van der Waals surface area (Å²) in [5.74, 6) is 1.04. The molecule has 0 atom stereocenters. The maximum Gasteiger partial charge on any atom is 0.122 e. The van der Waals surface area contributed by atoms with Crippen molar-refractivity contribution in [2.75, 3.05) is 0 Å². The molecule has 0 aliphatic carbocycles. The van der Waals surface area contributed by atoms with Gasteiger partial charge in [0.2, 0.25) is 0 Å². The lowest BCUT2D eigenvalue weighted by Gasteiger charge is -2.05. The quantitative estimate of drug-likeness (QED) is 0.825. The number of hydrogen-bond donors (Lipinski definition) is 1. The van der Waals surface area contributed by atoms with Crippen LogP contribution in [0.25, 0.3) is 0 Å². The number of rotatable bonds is 4. The third-order valence-electron chi connectivity index (χ3n) is 2.61. The lowest BCUT2D eigenvalue weighted by atomic mass is 10.3. The SMILES string of the molecule is Cc1cc(CNCc2nccn2C)n(C)n1. The van der Waals surface area contributed by atoms with E-state index in [0.29, 0.717) is 0 Å². The van der Waals surface area contributed by atoms with Crippen molar-refractivity contribution < 1.29 is 0 Å². The fraction of sp³-hybridized carbons (Fsp3) is 0.455. The Morgan fingerprint density at radius 3 is 2.69 bits per heavy atom. The number of hydrogen-bond acceptors (Lipinski definition) is 3. The standard InChI is InChI=1S/C11H17N5/c1-9-6-10(16(3)14-9)7-12-8-11-13-4-5-15(11)2/h4-6,12H,7-8H2,1-3H3. The van der Waals surface area contributed by atoms with Gasteiger partial charge in [0.15, 0.2) is 0 Å². The van der Waals surface area contributed by atoms with Crippen LogP contribution in [0.2, 0.25) is 0 Å². The van der Waals surface area contributed by atoms with Crippen LogP contribution >= 0.6 is 0 Å². The van der Waals surface area contributed by atoms with E-state index in [1.807, 2.05) is 42.7 Å². The Bertz CT molecular complexity index is 468. The molecule has 0 aromatic carbocycles. The van der Waals surface area contributed by atoms with Crippen molar-refractivity contribution in [2.45, 2.75) is 20.0 Å². The number of imidazole rings is 1. The molecule has 0 unspecified atom stereocenters. The van der Waals surface area contributed by atoms with Crippen LogP contribution in [0.15, 0.2) is 18.5 Å². The second kappa shape index (κ2) is 4.49. The van der Waals surface area contributed by atoms with Gasteiger partial charge in [-0.2, -0.15) is 5.10 Å². The Hall–Kier alpha value is -1.62. The zero-order valence-corrected chi connectivity index (χ0v) is 9.94. The number of aromatic nitrogens is 4. The first-order valence-electron chi connectivity index (χ1n) is 5.33. The van der Waals surface area contributed by atoms with Gasteiger partial charge < -0.3 is 9.88 Å². The van der Waals surface area contributed by atoms with Crippen molar-refractivity contribution >= 4 is 0 Å². The van der Waals surface area contributed by atoms with Crippen molar-refractivity contribution in [3.8, 4) is 0 Å². The minimum absolute atomic E-state index is 0.772. The van der Waals surface area contributed by atoms with Crippen LogP contribution in [0.4, 0.5) is 0 Å². The third kappa shape index (κ3) is 2.30. The molecule has 16 heavy (non-hydrogen) atoms. The second-order valence-electron chi connectivity index (χ2n) is 3.96. The smallest absolute Gasteiger partial charge is 0.122 e. The Morgan fingerprint density at radius 2 is 2.12 bits per heavy atom. The highest BCUT2D eigenvalue weighted by Crippen LogP contribution is 2.01. The van der Waals surface area contributed by atoms with Gasteiger partial charge in [-0.1, -0.05) is 0 Å². The summed E-state index contributed by atoms with van der Waals surface area (Å²) >= 11 is 0. The largest absolute Gasteiger partial charge is 0.337 e. The zero-order chi connectivity index (χ0) is 11.5. The summed E-state index contributed by atoms with van der Waals surface area (Å²) in [6.07, 6.45) is 3.76. The van der Waals surface area contributed by atoms with E-state index in [0.717, 1.165) is 24.6 Å². The molecule has 0 spiro atoms. The highest BCUT2D eigenvalue weighted by molar-refractivity contribution is 5.08. The van der Waals surface area contributed by atoms with E-state index in [1.54, 1.807) is 0 Å². The van der Waals surface area contributed by atoms with Gasteiger partial charge in [0.05, 0.1) is 17.9 Å². The molecule has 0 saturated heterocycles. The lowest BCUT2D eigenvalue weighted by Crippen LogP contribution is -2.17. The summed E-state index contributed by atoms with van der Waals surface area (Å²) in [5, 5.41) is 7.66. The van der Waals surface area contributed by atoms with Crippen LogP contribution in [0.5, 0.6) is 0 Å². The van der Waals surface area contributed by atoms with Crippen molar-refractivity contribution in [1.29, 1.82) is 0 Å². The van der Waals surface area contributed by atoms with Crippen molar-refractivity contribution in [3.63, 3.8) is 0 Å². The molecule has 2 aromatic rings. The molecule has 5 nitrogen and oxygen atoms in total. The Labute approximate surface area is 95.1 Å². The average Bonchev–Trinajstić information content (AvgIpc) is 2.75. The molecule has 0 aliphatic rings. The Morgan fingerprint density at radius 1 is 1.31 bits per heavy atom. The first kappa shape index (κ1) is 10.9. The molecule has 0 aliphatic heterocycles. The molecule has 2 heterocycles. The molecule has 2 rings (SSSR count). The molecular formula is C11H17N5. The molecule has 0 amide bonds. The van der Waals surface area contributed by atoms with E-state index in [1.165, 1.54) is 5.69 Å². The Kier molecular flexibility index (Phi) is 3.05. The van der Waals surface area contributed by atoms with Gasteiger partial charge in [-0.3, -0.25) is 4.68 Å². The van der Waals surface area contributed by atoms with E-state index in [9.17, 15) is 0 Å². The summed E-state index contributed by atoms with van der Waals surface area (Å²) in [6, 6.07) is 2.09. The van der Waals surface area contributed by atoms with Crippen LogP contribution in [-0.4, -0.2) is 19.3 Å². The van der Waals surface area contributed by atoms with Gasteiger partial charge in [0, 0.05) is 33.0 Å². The lowest BCUT2D eigenvalue weighted by molar-refractivity contribution is 0.599. The van der Waals surface area contributed by atoms with E-state index in [2.05, 4.69) is 21.5 Å². The second-order valence-corrected chi connectivity index (χ2v) is 3.96. The van der Waals surface area contributed by atoms with Gasteiger partial charge in [-0.15, -0.1) is 0 Å². The van der Waals surface area contributed by atoms with E-state index in [-0.39, 0.29) is 0 Å². The Balaban J connectivity index is 1.89. The van der Waals surface area contributed by atoms with E-state index in [4.69, 9.17) is 0 Å². The topological polar surface area (TPSA) is 47.7 Å². The fourth-order valence-corrected chi connectivity index (χ4v) is 1.70. The van der Waals surface area contributed by atoms with Gasteiger partial charge in [0.1, 0.15) is 5.82 Å². The van der Waals surface area contributed by atoms with E-state index >= 15 is 0 Å². The number of nitrogens with zero attached hydrogens (tertiary/aromatic N) is 4. The molecule has 5 heteroatoms. The highest BCUT2D eigenvalue weighted by atomic mass is 15.3. The zero-order valence-electron chi connectivity index (χ0n) is 9.94. The van der Waals surface area contributed by atoms with Crippen molar-refractivity contribution in [1.82, 2.24) is 24.6 Å². The summed E-state index contributed by atoms with van der Waals surface area (Å²) in [6.45, 7) is 3.58. The fourth-order valence-electron chi connectivity index (χ4n) is 1.70. The van der Waals surface area contributed by atoms with Crippen LogP contribution < -0.4 is 5.32 Å². The van der Waals surface area contributed by atoms with Crippen LogP contribution in [0.3, 0.4) is 0 Å². The van der Waals surface area contributed by atoms with E-state index < -0.39 is 0 Å². The molecule has 0 saturated carbocycles. The van der Waals surface area contributed by atoms with Gasteiger partial charge in [-0.25, -0.2) is 4.98 Å². The minimum atomic E-state index is 0.772. The maximum atomic E-state index is 4.30. The predicted molar refractivity (Wildman–Crippen MR) is 61.7 cm³/mol. The van der Waals surface area contributed by atoms with Crippen molar-refractivity contribution in [3.05, 3.63) is 35.7 Å². The summed E-state index contributed by atoms with van der Waals surface area (Å²) in [5.41, 5.74) is 2.24. The van der Waals surface area contributed by atoms with Gasteiger partial charge in [0.25, 0.3) is 0 Å². The first-order chi connectivity index (χ1) is 7.66. The molecular weight excluding hydrogens is 202 g/mol. The number of aryl methyl sites for hydroxylation is 3. The predicted octanol–water partition coefficient (Wildman–Crippen LogP) is 0.752. The summed E-state index contributed by atoms with van der Waals surface area (Å²) in [7, 11) is 3.96. The molecule has 1 N–H and O–H groups in total. The van der Waals surface area contributed by atoms with Gasteiger partial charge >= 0.3 is 0 Å². The highest BCUT2D eigenvalue weighted by Gasteiger charge is 2.02. The van der Waals surface area contributed by atoms with Crippen LogP contribution in [-0.2, 0) is 27.2 Å².